The zero-order chi connectivity index (χ0) is 5.28. The van der Waals surface area contributed by atoms with Crippen LogP contribution in [0.4, 0.5) is 11.1 Å². The SMILES string of the molecule is Cl.Nc1nsc(N)n1. The summed E-state index contributed by atoms with van der Waals surface area (Å²) in [4.78, 5) is 3.57. The van der Waals surface area contributed by atoms with Crippen molar-refractivity contribution in [2.45, 2.75) is 0 Å². The first kappa shape index (κ1) is 7.45. The third kappa shape index (κ3) is 1.51. The molecule has 1 aromatic rings. The largest absolute Gasteiger partial charge is 0.374 e. The van der Waals surface area contributed by atoms with Crippen LogP contribution in [0.1, 0.15) is 0 Å². The molecule has 0 radical (unpaired) electrons. The number of nitrogen functional groups attached to an aromatic ring is 2. The first-order valence-corrected chi connectivity index (χ1v) is 2.41. The van der Waals surface area contributed by atoms with Crippen molar-refractivity contribution in [3.63, 3.8) is 0 Å². The molecule has 0 saturated carbocycles. The fraction of sp³-hybridized carbons (Fsp3) is 0. The molecule has 0 fully saturated rings. The summed E-state index contributed by atoms with van der Waals surface area (Å²) in [5.41, 5.74) is 10.2. The molecule has 0 bridgehead atoms. The molecular weight excluding hydrogens is 148 g/mol. The second-order valence-electron chi connectivity index (χ2n) is 0.991. The van der Waals surface area contributed by atoms with Gasteiger partial charge < -0.3 is 11.5 Å². The number of aromatic nitrogens is 2. The molecule has 0 amide bonds. The number of nitrogens with zero attached hydrogens (tertiary/aromatic N) is 2. The summed E-state index contributed by atoms with van der Waals surface area (Å²) in [6, 6.07) is 0. The van der Waals surface area contributed by atoms with Gasteiger partial charge in [-0.15, -0.1) is 12.4 Å². The predicted octanol–water partition coefficient (Wildman–Crippen LogP) is 0.124. The summed E-state index contributed by atoms with van der Waals surface area (Å²) in [6.45, 7) is 0. The molecule has 0 spiro atoms. The molecule has 0 unspecified atom stereocenters. The van der Waals surface area contributed by atoms with Crippen molar-refractivity contribution in [3.8, 4) is 0 Å². The lowest BCUT2D eigenvalue weighted by atomic mass is 11.1. The van der Waals surface area contributed by atoms with Gasteiger partial charge in [-0.25, -0.2) is 0 Å². The minimum Gasteiger partial charge on any atom is -0.374 e. The number of rotatable bonds is 0. The summed E-state index contributed by atoms with van der Waals surface area (Å²) in [5, 5.41) is 0.414. The highest BCUT2D eigenvalue weighted by Gasteiger charge is 1.89. The van der Waals surface area contributed by atoms with Crippen molar-refractivity contribution < 1.29 is 0 Å². The topological polar surface area (TPSA) is 77.8 Å². The van der Waals surface area contributed by atoms with Gasteiger partial charge in [0.1, 0.15) is 0 Å². The van der Waals surface area contributed by atoms with E-state index in [1.165, 1.54) is 0 Å². The van der Waals surface area contributed by atoms with E-state index in [4.69, 9.17) is 11.5 Å². The van der Waals surface area contributed by atoms with Crippen LogP contribution in [0.25, 0.3) is 0 Å². The van der Waals surface area contributed by atoms with Crippen LogP contribution < -0.4 is 11.5 Å². The Kier molecular flexibility index (Phi) is 2.50. The molecule has 4 nitrogen and oxygen atoms in total. The Labute approximate surface area is 56.5 Å². The maximum atomic E-state index is 5.14. The Morgan fingerprint density at radius 1 is 1.38 bits per heavy atom. The van der Waals surface area contributed by atoms with Gasteiger partial charge in [-0.05, 0) is 0 Å². The highest BCUT2D eigenvalue weighted by molar-refractivity contribution is 7.09. The Hall–Kier alpha value is -0.550. The van der Waals surface area contributed by atoms with Crippen molar-refractivity contribution in [1.29, 1.82) is 0 Å². The molecule has 0 aliphatic heterocycles. The molecule has 0 saturated heterocycles. The van der Waals surface area contributed by atoms with E-state index in [0.717, 1.165) is 11.5 Å². The number of anilines is 2. The second kappa shape index (κ2) is 2.68. The van der Waals surface area contributed by atoms with Crippen molar-refractivity contribution in [2.24, 2.45) is 0 Å². The van der Waals surface area contributed by atoms with Crippen LogP contribution in [-0.2, 0) is 0 Å². The molecule has 0 aliphatic carbocycles. The van der Waals surface area contributed by atoms with E-state index in [9.17, 15) is 0 Å². The molecule has 1 rings (SSSR count). The summed E-state index contributed by atoms with van der Waals surface area (Å²) in [6.07, 6.45) is 0. The van der Waals surface area contributed by atoms with Crippen LogP contribution in [0.2, 0.25) is 0 Å². The number of hydrogen-bond acceptors (Lipinski definition) is 5. The molecule has 4 N–H and O–H groups in total. The molecule has 1 heterocycles. The van der Waals surface area contributed by atoms with Gasteiger partial charge in [-0.2, -0.15) is 9.36 Å². The van der Waals surface area contributed by atoms with Crippen LogP contribution in [-0.4, -0.2) is 9.36 Å². The van der Waals surface area contributed by atoms with Crippen LogP contribution >= 0.6 is 23.9 Å². The molecule has 8 heavy (non-hydrogen) atoms. The Morgan fingerprint density at radius 3 is 2.12 bits per heavy atom. The van der Waals surface area contributed by atoms with Crippen molar-refractivity contribution >= 4 is 35.0 Å². The van der Waals surface area contributed by atoms with Gasteiger partial charge >= 0.3 is 0 Å². The lowest BCUT2D eigenvalue weighted by molar-refractivity contribution is 1.35. The predicted molar refractivity (Wildman–Crippen MR) is 36.0 cm³/mol. The van der Waals surface area contributed by atoms with E-state index >= 15 is 0 Å². The van der Waals surface area contributed by atoms with E-state index < -0.39 is 0 Å². The zero-order valence-corrected chi connectivity index (χ0v) is 5.50. The minimum absolute atomic E-state index is 0. The maximum Gasteiger partial charge on any atom is 0.233 e. The third-order valence-electron chi connectivity index (χ3n) is 0.457. The smallest absolute Gasteiger partial charge is 0.233 e. The zero-order valence-electron chi connectivity index (χ0n) is 3.87. The lowest BCUT2D eigenvalue weighted by Gasteiger charge is -1.69. The molecule has 6 heteroatoms. The first-order valence-electron chi connectivity index (χ1n) is 1.63. The van der Waals surface area contributed by atoms with Gasteiger partial charge in [-0.3, -0.25) is 0 Å². The van der Waals surface area contributed by atoms with Gasteiger partial charge in [0.15, 0.2) is 0 Å². The molecule has 0 aromatic carbocycles. The van der Waals surface area contributed by atoms with Crippen LogP contribution in [0.15, 0.2) is 0 Å². The van der Waals surface area contributed by atoms with E-state index in [1.807, 2.05) is 0 Å². The summed E-state index contributed by atoms with van der Waals surface area (Å²) in [7, 11) is 0. The minimum atomic E-state index is 0. The van der Waals surface area contributed by atoms with Gasteiger partial charge in [0.2, 0.25) is 11.1 Å². The summed E-state index contributed by atoms with van der Waals surface area (Å²) in [5.74, 6) is 0.252. The Bertz CT molecular complexity index is 146. The highest BCUT2D eigenvalue weighted by atomic mass is 35.5. The molecular formula is C2H5ClN4S. The molecule has 1 aromatic heterocycles. The summed E-state index contributed by atoms with van der Waals surface area (Å²) < 4.78 is 3.60. The standard InChI is InChI=1S/C2H4N4S.ClH/c3-1-5-2(4)7-6-1;/h(H4,3,4,5,6);1H. The van der Waals surface area contributed by atoms with Gasteiger partial charge in [0, 0.05) is 11.5 Å². The number of nitrogens with two attached hydrogens (primary N) is 2. The fourth-order valence-electron chi connectivity index (χ4n) is 0.247. The van der Waals surface area contributed by atoms with Crippen molar-refractivity contribution in [2.75, 3.05) is 11.5 Å². The monoisotopic (exact) mass is 152 g/mol. The van der Waals surface area contributed by atoms with E-state index in [-0.39, 0.29) is 18.4 Å². The second-order valence-corrected chi connectivity index (χ2v) is 1.77. The lowest BCUT2D eigenvalue weighted by Crippen LogP contribution is -1.86. The van der Waals surface area contributed by atoms with Crippen LogP contribution in [0.5, 0.6) is 0 Å². The molecule has 0 atom stereocenters. The normalized spacial score (nSPS) is 8.00. The van der Waals surface area contributed by atoms with Crippen molar-refractivity contribution in [3.05, 3.63) is 0 Å². The van der Waals surface area contributed by atoms with Crippen molar-refractivity contribution in [1.82, 2.24) is 9.36 Å². The van der Waals surface area contributed by atoms with Crippen LogP contribution in [0.3, 0.4) is 0 Å². The molecule has 46 valence electrons. The van der Waals surface area contributed by atoms with E-state index in [2.05, 4.69) is 9.36 Å². The average Bonchev–Trinajstić information content (AvgIpc) is 1.87. The Balaban J connectivity index is 0.000000490. The fourth-order valence-corrected chi connectivity index (χ4v) is 0.609. The molecule has 0 aliphatic rings. The van der Waals surface area contributed by atoms with Gasteiger partial charge in [0.25, 0.3) is 0 Å². The Morgan fingerprint density at radius 2 is 2.00 bits per heavy atom. The first-order chi connectivity index (χ1) is 3.29. The third-order valence-corrected chi connectivity index (χ3v) is 1.01. The van der Waals surface area contributed by atoms with Gasteiger partial charge in [0.05, 0.1) is 0 Å². The maximum absolute atomic E-state index is 5.14. The number of hydrogen-bond donors (Lipinski definition) is 2. The van der Waals surface area contributed by atoms with Gasteiger partial charge in [-0.1, -0.05) is 0 Å². The average molecular weight is 153 g/mol. The van der Waals surface area contributed by atoms with E-state index in [1.54, 1.807) is 0 Å². The quantitative estimate of drug-likeness (QED) is 0.554. The van der Waals surface area contributed by atoms with Crippen LogP contribution in [0, 0.1) is 0 Å². The highest BCUT2D eigenvalue weighted by Crippen LogP contribution is 2.04. The number of halogens is 1. The summed E-state index contributed by atoms with van der Waals surface area (Å²) >= 11 is 1.10. The van der Waals surface area contributed by atoms with E-state index in [0.29, 0.717) is 5.13 Å².